The highest BCUT2D eigenvalue weighted by Crippen LogP contribution is 2.25. The Morgan fingerprint density at radius 2 is 0.872 bits per heavy atom. The molecule has 0 saturated heterocycles. The molecule has 39 heavy (non-hydrogen) atoms. The Labute approximate surface area is 238 Å². The third-order valence-corrected chi connectivity index (χ3v) is 8.25. The van der Waals surface area contributed by atoms with Crippen molar-refractivity contribution in [3.8, 4) is 0 Å². The van der Waals surface area contributed by atoms with E-state index in [2.05, 4.69) is 19.1 Å². The smallest absolute Gasteiger partial charge is 0.312 e. The van der Waals surface area contributed by atoms with E-state index in [4.69, 9.17) is 0 Å². The molecular weight excluding hydrogens is 494 g/mol. The largest absolute Gasteiger partial charge is 0.481 e. The van der Waals surface area contributed by atoms with E-state index < -0.39 is 35.7 Å². The molecule has 0 aromatic rings. The molecule has 3 unspecified atom stereocenters. The molecular formula is C32H60NO6+. The van der Waals surface area contributed by atoms with Crippen LogP contribution in [0.25, 0.3) is 0 Å². The predicted octanol–water partition coefficient (Wildman–Crippen LogP) is 7.78. The minimum absolute atomic E-state index is 0.259. The van der Waals surface area contributed by atoms with Gasteiger partial charge in [0.05, 0.1) is 26.2 Å². The summed E-state index contributed by atoms with van der Waals surface area (Å²) in [4.78, 5) is 35.9. The number of carboxylic acid groups (broad SMARTS) is 3. The van der Waals surface area contributed by atoms with Crippen molar-refractivity contribution in [1.82, 2.24) is 0 Å². The predicted molar refractivity (Wildman–Crippen MR) is 159 cm³/mol. The van der Waals surface area contributed by atoms with E-state index in [-0.39, 0.29) is 24.1 Å². The minimum Gasteiger partial charge on any atom is -0.481 e. The lowest BCUT2D eigenvalue weighted by molar-refractivity contribution is -0.935. The van der Waals surface area contributed by atoms with Crippen LogP contribution in [0.1, 0.15) is 130 Å². The quantitative estimate of drug-likeness (QED) is 0.0543. The van der Waals surface area contributed by atoms with Crippen LogP contribution in [-0.4, -0.2) is 63.9 Å². The zero-order valence-electron chi connectivity index (χ0n) is 25.5. The van der Waals surface area contributed by atoms with Crippen molar-refractivity contribution in [2.45, 2.75) is 130 Å². The first-order valence-corrected chi connectivity index (χ1v) is 15.8. The monoisotopic (exact) mass is 554 g/mol. The van der Waals surface area contributed by atoms with Crippen LogP contribution in [0, 0.1) is 17.8 Å². The second-order valence-electron chi connectivity index (χ2n) is 11.5. The van der Waals surface area contributed by atoms with Crippen LogP contribution >= 0.6 is 0 Å². The first-order valence-electron chi connectivity index (χ1n) is 15.8. The Morgan fingerprint density at radius 3 is 1.18 bits per heavy atom. The summed E-state index contributed by atoms with van der Waals surface area (Å²) in [6, 6.07) is 0. The summed E-state index contributed by atoms with van der Waals surface area (Å²) in [5, 5.41) is 29.4. The second-order valence-corrected chi connectivity index (χ2v) is 11.5. The molecule has 7 nitrogen and oxygen atoms in total. The fourth-order valence-electron chi connectivity index (χ4n) is 5.63. The highest BCUT2D eigenvalue weighted by atomic mass is 16.4. The number of nitrogens with zero attached hydrogens (tertiary/aromatic N) is 1. The van der Waals surface area contributed by atoms with Gasteiger partial charge in [0.1, 0.15) is 17.8 Å². The average Bonchev–Trinajstić information content (AvgIpc) is 2.90. The lowest BCUT2D eigenvalue weighted by Gasteiger charge is -2.43. The molecule has 0 aliphatic rings. The number of rotatable bonds is 27. The Bertz CT molecular complexity index is 632. The van der Waals surface area contributed by atoms with Gasteiger partial charge < -0.3 is 19.8 Å². The Kier molecular flexibility index (Phi) is 21.8. The van der Waals surface area contributed by atoms with Crippen molar-refractivity contribution in [3.63, 3.8) is 0 Å². The number of carbonyl (C=O) groups is 3. The molecule has 0 heterocycles. The average molecular weight is 555 g/mol. The van der Waals surface area contributed by atoms with Gasteiger partial charge in [0.25, 0.3) is 0 Å². The summed E-state index contributed by atoms with van der Waals surface area (Å²) >= 11 is 0. The fraction of sp³-hybridized carbons (Fsp3) is 0.844. The SMILES string of the molecule is CC/C=C/CCCCCCCCCCCCC[N+](CC(CC)C(=O)O)(CC(CC)C(=O)O)CC(CC)C(=O)O. The minimum atomic E-state index is -0.889. The Balaban J connectivity index is 4.92. The summed E-state index contributed by atoms with van der Waals surface area (Å²) in [5.41, 5.74) is 0. The van der Waals surface area contributed by atoms with Crippen molar-refractivity contribution >= 4 is 17.9 Å². The normalized spacial score (nSPS) is 15.6. The maximum Gasteiger partial charge on any atom is 0.312 e. The molecule has 3 atom stereocenters. The number of hydrogen-bond acceptors (Lipinski definition) is 3. The molecule has 0 amide bonds. The van der Waals surface area contributed by atoms with Gasteiger partial charge in [-0.1, -0.05) is 91.2 Å². The fourth-order valence-corrected chi connectivity index (χ4v) is 5.63. The van der Waals surface area contributed by atoms with E-state index in [0.29, 0.717) is 25.8 Å². The van der Waals surface area contributed by atoms with Crippen LogP contribution in [0.15, 0.2) is 12.2 Å². The number of unbranched alkanes of at least 4 members (excludes halogenated alkanes) is 11. The highest BCUT2D eigenvalue weighted by molar-refractivity contribution is 5.71. The summed E-state index contributed by atoms with van der Waals surface area (Å²) in [7, 11) is 0. The van der Waals surface area contributed by atoms with Crippen molar-refractivity contribution < 1.29 is 34.2 Å². The van der Waals surface area contributed by atoms with Gasteiger partial charge in [0.2, 0.25) is 0 Å². The highest BCUT2D eigenvalue weighted by Gasteiger charge is 2.40. The van der Waals surface area contributed by atoms with Crippen LogP contribution in [-0.2, 0) is 14.4 Å². The van der Waals surface area contributed by atoms with E-state index in [1.165, 1.54) is 57.8 Å². The molecule has 0 bridgehead atoms. The van der Waals surface area contributed by atoms with Gasteiger partial charge in [-0.05, 0) is 51.4 Å². The molecule has 3 N–H and O–H groups in total. The van der Waals surface area contributed by atoms with Crippen LogP contribution in [0.2, 0.25) is 0 Å². The van der Waals surface area contributed by atoms with Crippen LogP contribution in [0.4, 0.5) is 0 Å². The topological polar surface area (TPSA) is 112 Å². The molecule has 0 aromatic heterocycles. The second kappa shape index (κ2) is 22.9. The number of allylic oxidation sites excluding steroid dienone is 2. The van der Waals surface area contributed by atoms with Gasteiger partial charge in [-0.25, -0.2) is 0 Å². The number of carboxylic acids is 3. The number of quaternary nitrogens is 1. The van der Waals surface area contributed by atoms with Crippen molar-refractivity contribution in [1.29, 1.82) is 0 Å². The molecule has 0 aliphatic heterocycles. The zero-order chi connectivity index (χ0) is 29.5. The van der Waals surface area contributed by atoms with Gasteiger partial charge in [-0.2, -0.15) is 0 Å². The third-order valence-electron chi connectivity index (χ3n) is 8.25. The third kappa shape index (κ3) is 17.4. The lowest BCUT2D eigenvalue weighted by atomic mass is 9.95. The number of aliphatic carboxylic acids is 3. The maximum absolute atomic E-state index is 12.0. The Hall–Kier alpha value is -1.89. The van der Waals surface area contributed by atoms with Crippen molar-refractivity contribution in [3.05, 3.63) is 12.2 Å². The molecule has 0 spiro atoms. The van der Waals surface area contributed by atoms with Crippen LogP contribution < -0.4 is 0 Å². The van der Waals surface area contributed by atoms with Gasteiger partial charge >= 0.3 is 17.9 Å². The van der Waals surface area contributed by atoms with Gasteiger partial charge in [0, 0.05) is 0 Å². The molecule has 7 heteroatoms. The standard InChI is InChI=1S/C32H59NO6/c1-5-9-10-11-12-13-14-15-16-17-18-19-20-21-22-23-33(24-27(6-2)30(34)35,25-28(7-3)31(36)37)26-29(8-4)32(38)39/h9-10,27-29H,5-8,11-26H2,1-4H3,(H2-,34,35,36,37,38,39)/p+1/b10-9+. The molecule has 0 saturated carbocycles. The summed E-state index contributed by atoms with van der Waals surface area (Å²) < 4.78 is 0.259. The van der Waals surface area contributed by atoms with E-state index in [1.807, 2.05) is 20.8 Å². The summed E-state index contributed by atoms with van der Waals surface area (Å²) in [6.45, 7) is 9.16. The summed E-state index contributed by atoms with van der Waals surface area (Å²) in [6.07, 6.45) is 21.3. The van der Waals surface area contributed by atoms with E-state index in [9.17, 15) is 29.7 Å². The van der Waals surface area contributed by atoms with E-state index in [0.717, 1.165) is 25.7 Å². The molecule has 0 aliphatic carbocycles. The van der Waals surface area contributed by atoms with Gasteiger partial charge in [-0.15, -0.1) is 0 Å². The van der Waals surface area contributed by atoms with Crippen molar-refractivity contribution in [2.75, 3.05) is 26.2 Å². The Morgan fingerprint density at radius 1 is 0.538 bits per heavy atom. The first kappa shape index (κ1) is 37.1. The van der Waals surface area contributed by atoms with E-state index in [1.54, 1.807) is 0 Å². The number of hydrogen-bond donors (Lipinski definition) is 3. The molecule has 0 aromatic carbocycles. The zero-order valence-corrected chi connectivity index (χ0v) is 25.5. The lowest BCUT2D eigenvalue weighted by Crippen LogP contribution is -2.58. The molecule has 228 valence electrons. The molecule has 0 fully saturated rings. The van der Waals surface area contributed by atoms with Gasteiger partial charge in [0.15, 0.2) is 0 Å². The molecule has 0 rings (SSSR count). The van der Waals surface area contributed by atoms with Gasteiger partial charge in [-0.3, -0.25) is 14.4 Å². The van der Waals surface area contributed by atoms with Crippen LogP contribution in [0.5, 0.6) is 0 Å². The molecule has 0 radical (unpaired) electrons. The van der Waals surface area contributed by atoms with Crippen LogP contribution in [0.3, 0.4) is 0 Å². The maximum atomic E-state index is 12.0. The first-order chi connectivity index (χ1) is 18.7. The summed E-state index contributed by atoms with van der Waals surface area (Å²) in [5.74, 6) is -4.51. The van der Waals surface area contributed by atoms with E-state index >= 15 is 0 Å². The van der Waals surface area contributed by atoms with Crippen molar-refractivity contribution in [2.24, 2.45) is 17.8 Å².